The maximum Gasteiger partial charge on any atom is 0.133 e. The molecule has 2 nitrogen and oxygen atoms in total. The molecule has 0 heterocycles. The third-order valence-corrected chi connectivity index (χ3v) is 4.37. The molecular weight excluding hydrogens is 326 g/mol. The van der Waals surface area contributed by atoms with Crippen LogP contribution in [0.5, 0.6) is 5.75 Å². The van der Waals surface area contributed by atoms with E-state index in [9.17, 15) is 0 Å². The Bertz CT molecular complexity index is 394. The lowest BCUT2D eigenvalue weighted by Gasteiger charge is -2.22. The minimum Gasteiger partial charge on any atom is -0.492 e. The summed E-state index contributed by atoms with van der Waals surface area (Å²) in [7, 11) is 0. The molecule has 1 saturated carbocycles. The first-order valence-corrected chi connectivity index (χ1v) is 8.24. The summed E-state index contributed by atoms with van der Waals surface area (Å²) in [6.07, 6.45) is 7.88. The van der Waals surface area contributed by atoms with E-state index in [-0.39, 0.29) is 0 Å². The van der Waals surface area contributed by atoms with E-state index < -0.39 is 0 Å². The summed E-state index contributed by atoms with van der Waals surface area (Å²) in [5.74, 6) is 0.863. The zero-order chi connectivity index (χ0) is 13.5. The SMILES string of the molecule is Clc1ccc(OCCCNC2CCCCC2)c(Br)c1. The van der Waals surface area contributed by atoms with Gasteiger partial charge in [0.2, 0.25) is 0 Å². The van der Waals surface area contributed by atoms with Crippen LogP contribution in [0.3, 0.4) is 0 Å². The Morgan fingerprint density at radius 1 is 1.26 bits per heavy atom. The summed E-state index contributed by atoms with van der Waals surface area (Å²) < 4.78 is 6.65. The Hall–Kier alpha value is -0.250. The first kappa shape index (κ1) is 15.1. The molecule has 0 bridgehead atoms. The van der Waals surface area contributed by atoms with Gasteiger partial charge >= 0.3 is 0 Å². The van der Waals surface area contributed by atoms with E-state index in [0.717, 1.165) is 40.9 Å². The molecule has 1 aliphatic rings. The summed E-state index contributed by atoms with van der Waals surface area (Å²) in [6.45, 7) is 1.77. The standard InChI is InChI=1S/C15H21BrClNO/c16-14-11-12(17)7-8-15(14)19-10-4-9-18-13-5-2-1-3-6-13/h7-8,11,13,18H,1-6,9-10H2. The number of halogens is 2. The number of nitrogens with one attached hydrogen (secondary N) is 1. The molecule has 1 N–H and O–H groups in total. The van der Waals surface area contributed by atoms with Crippen LogP contribution in [0.1, 0.15) is 38.5 Å². The van der Waals surface area contributed by atoms with Crippen LogP contribution in [0.25, 0.3) is 0 Å². The number of hydrogen-bond acceptors (Lipinski definition) is 2. The van der Waals surface area contributed by atoms with Gasteiger partial charge in [-0.25, -0.2) is 0 Å². The molecule has 0 radical (unpaired) electrons. The van der Waals surface area contributed by atoms with Crippen LogP contribution >= 0.6 is 27.5 Å². The molecule has 1 aliphatic carbocycles. The third kappa shape index (κ3) is 5.33. The van der Waals surface area contributed by atoms with Crippen molar-refractivity contribution in [2.75, 3.05) is 13.2 Å². The van der Waals surface area contributed by atoms with Crippen molar-refractivity contribution in [3.8, 4) is 5.75 Å². The van der Waals surface area contributed by atoms with Crippen molar-refractivity contribution in [3.05, 3.63) is 27.7 Å². The molecule has 0 spiro atoms. The summed E-state index contributed by atoms with van der Waals surface area (Å²) in [4.78, 5) is 0. The normalized spacial score (nSPS) is 16.5. The molecule has 0 atom stereocenters. The Morgan fingerprint density at radius 2 is 2.05 bits per heavy atom. The zero-order valence-electron chi connectivity index (χ0n) is 11.1. The first-order valence-electron chi connectivity index (χ1n) is 7.07. The zero-order valence-corrected chi connectivity index (χ0v) is 13.5. The van der Waals surface area contributed by atoms with Crippen LogP contribution in [0, 0.1) is 0 Å². The van der Waals surface area contributed by atoms with E-state index in [4.69, 9.17) is 16.3 Å². The topological polar surface area (TPSA) is 21.3 Å². The molecule has 19 heavy (non-hydrogen) atoms. The van der Waals surface area contributed by atoms with E-state index >= 15 is 0 Å². The fourth-order valence-corrected chi connectivity index (χ4v) is 3.26. The van der Waals surface area contributed by atoms with Crippen molar-refractivity contribution in [3.63, 3.8) is 0 Å². The summed E-state index contributed by atoms with van der Waals surface area (Å²) in [6, 6.07) is 6.34. The summed E-state index contributed by atoms with van der Waals surface area (Å²) in [5.41, 5.74) is 0. The van der Waals surface area contributed by atoms with Crippen LogP contribution in [-0.2, 0) is 0 Å². The van der Waals surface area contributed by atoms with Gasteiger partial charge in [0.05, 0.1) is 11.1 Å². The van der Waals surface area contributed by atoms with E-state index in [1.165, 1.54) is 32.1 Å². The summed E-state index contributed by atoms with van der Waals surface area (Å²) in [5, 5.41) is 4.34. The second kappa shape index (κ2) is 8.13. The van der Waals surface area contributed by atoms with Gasteiger partial charge in [-0.2, -0.15) is 0 Å². The van der Waals surface area contributed by atoms with Crippen molar-refractivity contribution in [2.24, 2.45) is 0 Å². The average Bonchev–Trinajstić information content (AvgIpc) is 2.42. The van der Waals surface area contributed by atoms with E-state index in [0.29, 0.717) is 0 Å². The molecule has 0 aliphatic heterocycles. The van der Waals surface area contributed by atoms with Gasteiger partial charge in [0.15, 0.2) is 0 Å². The minimum absolute atomic E-state index is 0.721. The molecule has 1 aromatic rings. The van der Waals surface area contributed by atoms with E-state index in [1.807, 2.05) is 18.2 Å². The van der Waals surface area contributed by atoms with Crippen LogP contribution in [0.4, 0.5) is 0 Å². The van der Waals surface area contributed by atoms with Gasteiger partial charge in [-0.3, -0.25) is 0 Å². The lowest BCUT2D eigenvalue weighted by atomic mass is 9.95. The van der Waals surface area contributed by atoms with Crippen LogP contribution < -0.4 is 10.1 Å². The van der Waals surface area contributed by atoms with Gasteiger partial charge in [0.25, 0.3) is 0 Å². The Labute approximate surface area is 129 Å². The molecule has 0 unspecified atom stereocenters. The number of benzene rings is 1. The fourth-order valence-electron chi connectivity index (χ4n) is 2.46. The Kier molecular flexibility index (Phi) is 6.48. The predicted molar refractivity (Wildman–Crippen MR) is 84.1 cm³/mol. The van der Waals surface area contributed by atoms with Gasteiger partial charge in [-0.15, -0.1) is 0 Å². The van der Waals surface area contributed by atoms with Gasteiger partial charge in [-0.1, -0.05) is 30.9 Å². The molecule has 4 heteroatoms. The average molecular weight is 347 g/mol. The predicted octanol–water partition coefficient (Wildman–Crippen LogP) is 4.79. The molecular formula is C15H21BrClNO. The number of hydrogen-bond donors (Lipinski definition) is 1. The monoisotopic (exact) mass is 345 g/mol. The Morgan fingerprint density at radius 3 is 2.79 bits per heavy atom. The molecule has 1 fully saturated rings. The van der Waals surface area contributed by atoms with E-state index in [1.54, 1.807) is 0 Å². The first-order chi connectivity index (χ1) is 9.25. The maximum absolute atomic E-state index is 5.89. The second-order valence-corrected chi connectivity index (χ2v) is 6.36. The Balaban J connectivity index is 1.61. The minimum atomic E-state index is 0.721. The lowest BCUT2D eigenvalue weighted by Crippen LogP contribution is -2.32. The highest BCUT2D eigenvalue weighted by atomic mass is 79.9. The van der Waals surface area contributed by atoms with Crippen LogP contribution in [-0.4, -0.2) is 19.2 Å². The van der Waals surface area contributed by atoms with Crippen molar-refractivity contribution in [1.29, 1.82) is 0 Å². The second-order valence-electron chi connectivity index (χ2n) is 5.07. The fraction of sp³-hybridized carbons (Fsp3) is 0.600. The number of ether oxygens (including phenoxy) is 1. The number of rotatable bonds is 6. The van der Waals surface area contributed by atoms with Crippen molar-refractivity contribution >= 4 is 27.5 Å². The molecule has 0 aromatic heterocycles. The van der Waals surface area contributed by atoms with Gasteiger partial charge in [-0.05, 0) is 59.9 Å². The molecule has 1 aromatic carbocycles. The molecule has 0 saturated heterocycles. The summed E-state index contributed by atoms with van der Waals surface area (Å²) >= 11 is 9.34. The maximum atomic E-state index is 5.89. The highest BCUT2D eigenvalue weighted by molar-refractivity contribution is 9.10. The highest BCUT2D eigenvalue weighted by Crippen LogP contribution is 2.27. The van der Waals surface area contributed by atoms with Crippen molar-refractivity contribution < 1.29 is 4.74 Å². The largest absolute Gasteiger partial charge is 0.492 e. The molecule has 2 rings (SSSR count). The van der Waals surface area contributed by atoms with Crippen molar-refractivity contribution in [2.45, 2.75) is 44.6 Å². The molecule has 106 valence electrons. The van der Waals surface area contributed by atoms with E-state index in [2.05, 4.69) is 21.2 Å². The van der Waals surface area contributed by atoms with Gasteiger partial charge in [0, 0.05) is 11.1 Å². The van der Waals surface area contributed by atoms with Gasteiger partial charge in [0.1, 0.15) is 5.75 Å². The van der Waals surface area contributed by atoms with Crippen LogP contribution in [0.2, 0.25) is 5.02 Å². The quantitative estimate of drug-likeness (QED) is 0.747. The van der Waals surface area contributed by atoms with Gasteiger partial charge < -0.3 is 10.1 Å². The van der Waals surface area contributed by atoms with Crippen LogP contribution in [0.15, 0.2) is 22.7 Å². The third-order valence-electron chi connectivity index (χ3n) is 3.51. The molecule has 0 amide bonds. The smallest absolute Gasteiger partial charge is 0.133 e. The lowest BCUT2D eigenvalue weighted by molar-refractivity contribution is 0.295. The van der Waals surface area contributed by atoms with Crippen molar-refractivity contribution in [1.82, 2.24) is 5.32 Å². The highest BCUT2D eigenvalue weighted by Gasteiger charge is 2.11.